The van der Waals surface area contributed by atoms with Crippen LogP contribution in [0.5, 0.6) is 0 Å². The van der Waals surface area contributed by atoms with Gasteiger partial charge in [-0.2, -0.15) is 5.26 Å². The number of nitriles is 1. The monoisotopic (exact) mass is 160 g/mol. The van der Waals surface area contributed by atoms with Crippen molar-refractivity contribution in [2.24, 2.45) is 0 Å². The maximum absolute atomic E-state index is 13.0. The van der Waals surface area contributed by atoms with Crippen molar-refractivity contribution in [3.8, 4) is 6.07 Å². The molecule has 0 saturated carbocycles. The Bertz CT molecular complexity index is 465. The molecule has 2 aromatic rings. The number of nitrogens with zero attached hydrogens (tertiary/aromatic N) is 1. The lowest BCUT2D eigenvalue weighted by molar-refractivity contribution is 0.626. The van der Waals surface area contributed by atoms with Gasteiger partial charge in [-0.1, -0.05) is 0 Å². The second-order valence-corrected chi connectivity index (χ2v) is 2.48. The third kappa shape index (κ3) is 0.785. The molecule has 0 aliphatic carbocycles. The summed E-state index contributed by atoms with van der Waals surface area (Å²) >= 11 is 0. The number of benzene rings is 1. The molecular formula is C9H5FN2. The van der Waals surface area contributed by atoms with Gasteiger partial charge in [0.2, 0.25) is 0 Å². The first-order valence-electron chi connectivity index (χ1n) is 3.48. The largest absolute Gasteiger partial charge is 0.360 e. The molecule has 0 radical (unpaired) electrons. The topological polar surface area (TPSA) is 39.6 Å². The lowest BCUT2D eigenvalue weighted by Gasteiger charge is -1.94. The molecule has 0 spiro atoms. The molecule has 12 heavy (non-hydrogen) atoms. The fourth-order valence-corrected chi connectivity index (χ4v) is 1.21. The van der Waals surface area contributed by atoms with Crippen molar-refractivity contribution in [3.63, 3.8) is 0 Å². The number of nitrogens with one attached hydrogen (secondary N) is 1. The molecule has 0 fully saturated rings. The summed E-state index contributed by atoms with van der Waals surface area (Å²) in [4.78, 5) is 2.82. The zero-order valence-electron chi connectivity index (χ0n) is 6.13. The van der Waals surface area contributed by atoms with Crippen LogP contribution in [0.1, 0.15) is 5.56 Å². The van der Waals surface area contributed by atoms with Gasteiger partial charge in [-0.3, -0.25) is 0 Å². The molecule has 1 aromatic carbocycles. The van der Waals surface area contributed by atoms with E-state index < -0.39 is 5.82 Å². The summed E-state index contributed by atoms with van der Waals surface area (Å²) < 4.78 is 13.0. The van der Waals surface area contributed by atoms with Crippen LogP contribution in [0.4, 0.5) is 4.39 Å². The van der Waals surface area contributed by atoms with Crippen molar-refractivity contribution in [1.29, 1.82) is 5.26 Å². The Morgan fingerprint density at radius 1 is 1.33 bits per heavy atom. The van der Waals surface area contributed by atoms with Crippen molar-refractivity contribution >= 4 is 10.9 Å². The molecule has 1 N–H and O–H groups in total. The Morgan fingerprint density at radius 2 is 2.17 bits per heavy atom. The smallest absolute Gasteiger partial charge is 0.143 e. The first-order chi connectivity index (χ1) is 5.83. The van der Waals surface area contributed by atoms with E-state index in [1.807, 2.05) is 6.07 Å². The van der Waals surface area contributed by atoms with Gasteiger partial charge < -0.3 is 4.98 Å². The second-order valence-electron chi connectivity index (χ2n) is 2.48. The fourth-order valence-electron chi connectivity index (χ4n) is 1.21. The fraction of sp³-hybridized carbons (Fsp3) is 0. The van der Waals surface area contributed by atoms with Gasteiger partial charge in [0.25, 0.3) is 0 Å². The number of hydrogen-bond acceptors (Lipinski definition) is 1. The van der Waals surface area contributed by atoms with Crippen molar-refractivity contribution in [2.75, 3.05) is 0 Å². The molecule has 1 aromatic heterocycles. The van der Waals surface area contributed by atoms with Crippen LogP contribution in [0.15, 0.2) is 24.4 Å². The quantitative estimate of drug-likeness (QED) is 0.630. The predicted octanol–water partition coefficient (Wildman–Crippen LogP) is 2.18. The Balaban J connectivity index is 2.94. The molecule has 0 bridgehead atoms. The van der Waals surface area contributed by atoms with E-state index in [0.717, 1.165) is 5.39 Å². The maximum Gasteiger partial charge on any atom is 0.143 e. The third-order valence-electron chi connectivity index (χ3n) is 1.79. The first kappa shape index (κ1) is 6.86. The minimum atomic E-state index is -0.479. The molecular weight excluding hydrogens is 155 g/mol. The van der Waals surface area contributed by atoms with Gasteiger partial charge >= 0.3 is 0 Å². The van der Waals surface area contributed by atoms with Gasteiger partial charge in [0, 0.05) is 11.6 Å². The van der Waals surface area contributed by atoms with E-state index in [1.54, 1.807) is 18.3 Å². The minimum absolute atomic E-state index is 0.0810. The SMILES string of the molecule is N#Cc1c(F)ccc2cc[nH]c12. The molecule has 3 heteroatoms. The van der Waals surface area contributed by atoms with Crippen molar-refractivity contribution in [1.82, 2.24) is 4.98 Å². The van der Waals surface area contributed by atoms with E-state index in [-0.39, 0.29) is 5.56 Å². The van der Waals surface area contributed by atoms with Crippen LogP contribution in [0.25, 0.3) is 10.9 Å². The van der Waals surface area contributed by atoms with Crippen molar-refractivity contribution in [3.05, 3.63) is 35.8 Å². The zero-order chi connectivity index (χ0) is 8.55. The summed E-state index contributed by atoms with van der Waals surface area (Å²) in [7, 11) is 0. The van der Waals surface area contributed by atoms with Gasteiger partial charge in [0.1, 0.15) is 17.4 Å². The lowest BCUT2D eigenvalue weighted by Crippen LogP contribution is -1.84. The Hall–Kier alpha value is -1.82. The highest BCUT2D eigenvalue weighted by molar-refractivity contribution is 5.84. The number of fused-ring (bicyclic) bond motifs is 1. The van der Waals surface area contributed by atoms with Gasteiger partial charge in [-0.25, -0.2) is 4.39 Å². The molecule has 0 aliphatic heterocycles. The molecule has 58 valence electrons. The van der Waals surface area contributed by atoms with Crippen molar-refractivity contribution in [2.45, 2.75) is 0 Å². The highest BCUT2D eigenvalue weighted by Gasteiger charge is 2.06. The van der Waals surface area contributed by atoms with Crippen LogP contribution >= 0.6 is 0 Å². The second kappa shape index (κ2) is 2.35. The van der Waals surface area contributed by atoms with E-state index in [4.69, 9.17) is 5.26 Å². The molecule has 0 saturated heterocycles. The summed E-state index contributed by atoms with van der Waals surface area (Å²) in [5.74, 6) is -0.479. The number of aromatic nitrogens is 1. The normalized spacial score (nSPS) is 10.0. The number of H-pyrrole nitrogens is 1. The number of hydrogen-bond donors (Lipinski definition) is 1. The van der Waals surface area contributed by atoms with Gasteiger partial charge in [0.15, 0.2) is 0 Å². The zero-order valence-corrected chi connectivity index (χ0v) is 6.13. The van der Waals surface area contributed by atoms with Gasteiger partial charge in [-0.15, -0.1) is 0 Å². The summed E-state index contributed by atoms with van der Waals surface area (Å²) in [5, 5.41) is 9.48. The number of aromatic amines is 1. The Labute approximate surface area is 68.2 Å². The van der Waals surface area contributed by atoms with Crippen LogP contribution in [-0.2, 0) is 0 Å². The Kier molecular flexibility index (Phi) is 1.34. The Morgan fingerprint density at radius 3 is 2.92 bits per heavy atom. The minimum Gasteiger partial charge on any atom is -0.360 e. The first-order valence-corrected chi connectivity index (χ1v) is 3.48. The average molecular weight is 160 g/mol. The molecule has 0 aliphatic rings. The van der Waals surface area contributed by atoms with E-state index in [1.165, 1.54) is 6.07 Å². The lowest BCUT2D eigenvalue weighted by atomic mass is 10.1. The van der Waals surface area contributed by atoms with Gasteiger partial charge in [0.05, 0.1) is 5.52 Å². The highest BCUT2D eigenvalue weighted by Crippen LogP contribution is 2.18. The third-order valence-corrected chi connectivity index (χ3v) is 1.79. The van der Waals surface area contributed by atoms with Crippen molar-refractivity contribution < 1.29 is 4.39 Å². The van der Waals surface area contributed by atoms with Crippen LogP contribution in [0.3, 0.4) is 0 Å². The summed E-state index contributed by atoms with van der Waals surface area (Å²) in [6.07, 6.45) is 1.69. The highest BCUT2D eigenvalue weighted by atomic mass is 19.1. The van der Waals surface area contributed by atoms with Crippen LogP contribution in [0, 0.1) is 17.1 Å². The predicted molar refractivity (Wildman–Crippen MR) is 43.0 cm³/mol. The standard InChI is InChI=1S/C9H5FN2/c10-8-2-1-6-3-4-12-9(6)7(8)5-11/h1-4,12H. The summed E-state index contributed by atoms with van der Waals surface area (Å²) in [5.41, 5.74) is 0.648. The average Bonchev–Trinajstić information content (AvgIpc) is 2.52. The summed E-state index contributed by atoms with van der Waals surface area (Å²) in [6, 6.07) is 6.56. The molecule has 1 heterocycles. The molecule has 2 nitrogen and oxygen atoms in total. The van der Waals surface area contributed by atoms with E-state index >= 15 is 0 Å². The molecule has 2 rings (SSSR count). The van der Waals surface area contributed by atoms with Crippen LogP contribution in [0.2, 0.25) is 0 Å². The summed E-state index contributed by atoms with van der Waals surface area (Å²) in [6.45, 7) is 0. The van der Waals surface area contributed by atoms with Gasteiger partial charge in [-0.05, 0) is 18.2 Å². The molecule has 0 unspecified atom stereocenters. The van der Waals surface area contributed by atoms with E-state index in [2.05, 4.69) is 4.98 Å². The maximum atomic E-state index is 13.0. The number of rotatable bonds is 0. The van der Waals surface area contributed by atoms with E-state index in [0.29, 0.717) is 5.52 Å². The number of halogens is 1. The van der Waals surface area contributed by atoms with E-state index in [9.17, 15) is 4.39 Å². The van der Waals surface area contributed by atoms with Crippen LogP contribution < -0.4 is 0 Å². The van der Waals surface area contributed by atoms with Crippen LogP contribution in [-0.4, -0.2) is 4.98 Å². The molecule has 0 amide bonds. The molecule has 0 atom stereocenters.